The van der Waals surface area contributed by atoms with Gasteiger partial charge >= 0.3 is 0 Å². The summed E-state index contributed by atoms with van der Waals surface area (Å²) in [6.07, 6.45) is 0.885. The first-order valence-corrected chi connectivity index (χ1v) is 8.39. The van der Waals surface area contributed by atoms with Gasteiger partial charge in [0.05, 0.1) is 0 Å². The second-order valence-corrected chi connectivity index (χ2v) is 6.64. The molecular formula is C20H21NO3. The molecule has 2 aromatic rings. The number of aryl methyl sites for hydroxylation is 2. The van der Waals surface area contributed by atoms with Gasteiger partial charge in [0, 0.05) is 11.6 Å². The lowest BCUT2D eigenvalue weighted by Crippen LogP contribution is -2.16. The molecule has 1 heterocycles. The minimum Gasteiger partial charge on any atom is -0.486 e. The summed E-state index contributed by atoms with van der Waals surface area (Å²) in [5.41, 5.74) is 4.44. The molecule has 2 aliphatic rings. The summed E-state index contributed by atoms with van der Waals surface area (Å²) in [7, 11) is 0. The van der Waals surface area contributed by atoms with E-state index in [2.05, 4.69) is 19.2 Å². The first kappa shape index (κ1) is 15.1. The van der Waals surface area contributed by atoms with Crippen molar-refractivity contribution in [2.45, 2.75) is 26.2 Å². The van der Waals surface area contributed by atoms with E-state index in [1.807, 2.05) is 36.4 Å². The maximum Gasteiger partial charge on any atom is 0.228 e. The summed E-state index contributed by atoms with van der Waals surface area (Å²) in [6.45, 7) is 5.30. The molecule has 24 heavy (non-hydrogen) atoms. The molecule has 0 unspecified atom stereocenters. The lowest BCUT2D eigenvalue weighted by Gasteiger charge is -2.18. The number of ether oxygens (including phenoxy) is 2. The fraction of sp³-hybridized carbons (Fsp3) is 0.350. The Labute approximate surface area is 141 Å². The van der Waals surface area contributed by atoms with Crippen molar-refractivity contribution >= 4 is 11.6 Å². The third-order valence-corrected chi connectivity index (χ3v) is 4.90. The predicted octanol–water partition coefficient (Wildman–Crippen LogP) is 3.82. The monoisotopic (exact) mass is 323 g/mol. The van der Waals surface area contributed by atoms with Gasteiger partial charge in [0.1, 0.15) is 13.2 Å². The SMILES string of the molecule is Cc1ccc(NC(=O)[C@H]2C[C@H]2c2ccc3c(c2)OCCO3)cc1C. The Balaban J connectivity index is 1.44. The van der Waals surface area contributed by atoms with E-state index in [9.17, 15) is 4.79 Å². The Morgan fingerprint density at radius 3 is 2.58 bits per heavy atom. The molecule has 0 radical (unpaired) electrons. The molecule has 1 N–H and O–H groups in total. The van der Waals surface area contributed by atoms with Crippen molar-refractivity contribution in [3.8, 4) is 11.5 Å². The molecule has 1 aliphatic heterocycles. The zero-order valence-corrected chi connectivity index (χ0v) is 14.0. The van der Waals surface area contributed by atoms with Crippen LogP contribution < -0.4 is 14.8 Å². The average Bonchev–Trinajstić information content (AvgIpc) is 3.38. The lowest BCUT2D eigenvalue weighted by atomic mass is 10.1. The zero-order chi connectivity index (χ0) is 16.7. The van der Waals surface area contributed by atoms with Gasteiger partial charge in [0.2, 0.25) is 5.91 Å². The normalized spacial score (nSPS) is 21.2. The molecule has 2 atom stereocenters. The predicted molar refractivity (Wildman–Crippen MR) is 92.8 cm³/mol. The third kappa shape index (κ3) is 2.84. The summed E-state index contributed by atoms with van der Waals surface area (Å²) in [6, 6.07) is 12.0. The number of hydrogen-bond acceptors (Lipinski definition) is 3. The average molecular weight is 323 g/mol. The van der Waals surface area contributed by atoms with Crippen LogP contribution in [-0.2, 0) is 4.79 Å². The van der Waals surface area contributed by atoms with E-state index in [1.54, 1.807) is 0 Å². The molecule has 4 rings (SSSR count). The van der Waals surface area contributed by atoms with Crippen molar-refractivity contribution in [3.05, 3.63) is 53.1 Å². The number of nitrogens with one attached hydrogen (secondary N) is 1. The van der Waals surface area contributed by atoms with Crippen molar-refractivity contribution in [2.24, 2.45) is 5.92 Å². The largest absolute Gasteiger partial charge is 0.486 e. The van der Waals surface area contributed by atoms with Crippen molar-refractivity contribution < 1.29 is 14.3 Å². The van der Waals surface area contributed by atoms with Crippen LogP contribution in [0.15, 0.2) is 36.4 Å². The first-order chi connectivity index (χ1) is 11.6. The van der Waals surface area contributed by atoms with E-state index in [1.165, 1.54) is 11.1 Å². The number of fused-ring (bicyclic) bond motifs is 1. The van der Waals surface area contributed by atoms with Gasteiger partial charge in [-0.2, -0.15) is 0 Å². The fourth-order valence-electron chi connectivity index (χ4n) is 3.20. The highest BCUT2D eigenvalue weighted by Gasteiger charge is 2.44. The molecular weight excluding hydrogens is 302 g/mol. The molecule has 4 nitrogen and oxygen atoms in total. The minimum absolute atomic E-state index is 0.0363. The Bertz CT molecular complexity index is 799. The number of rotatable bonds is 3. The van der Waals surface area contributed by atoms with Crippen LogP contribution in [0, 0.1) is 19.8 Å². The van der Waals surface area contributed by atoms with Gasteiger partial charge in [-0.25, -0.2) is 0 Å². The highest BCUT2D eigenvalue weighted by atomic mass is 16.6. The van der Waals surface area contributed by atoms with Crippen molar-refractivity contribution in [3.63, 3.8) is 0 Å². The number of hydrogen-bond donors (Lipinski definition) is 1. The quantitative estimate of drug-likeness (QED) is 0.934. The molecule has 0 spiro atoms. The number of carbonyl (C=O) groups excluding carboxylic acids is 1. The van der Waals surface area contributed by atoms with E-state index >= 15 is 0 Å². The summed E-state index contributed by atoms with van der Waals surface area (Å²) in [5.74, 6) is 1.99. The number of anilines is 1. The van der Waals surface area contributed by atoms with Gasteiger partial charge in [-0.05, 0) is 67.1 Å². The molecule has 0 aromatic heterocycles. The molecule has 1 aliphatic carbocycles. The van der Waals surface area contributed by atoms with Crippen molar-refractivity contribution in [1.29, 1.82) is 0 Å². The molecule has 2 aromatic carbocycles. The van der Waals surface area contributed by atoms with Crippen LogP contribution in [0.25, 0.3) is 0 Å². The second kappa shape index (κ2) is 5.86. The summed E-state index contributed by atoms with van der Waals surface area (Å²) in [5, 5.41) is 3.04. The third-order valence-electron chi connectivity index (χ3n) is 4.90. The van der Waals surface area contributed by atoms with E-state index in [-0.39, 0.29) is 17.7 Å². The summed E-state index contributed by atoms with van der Waals surface area (Å²) in [4.78, 5) is 12.5. The molecule has 0 saturated heterocycles. The Hall–Kier alpha value is -2.49. The van der Waals surface area contributed by atoms with Crippen molar-refractivity contribution in [2.75, 3.05) is 18.5 Å². The second-order valence-electron chi connectivity index (χ2n) is 6.64. The zero-order valence-electron chi connectivity index (χ0n) is 14.0. The van der Waals surface area contributed by atoms with Crippen LogP contribution in [0.3, 0.4) is 0 Å². The van der Waals surface area contributed by atoms with E-state index in [0.29, 0.717) is 13.2 Å². The van der Waals surface area contributed by atoms with E-state index < -0.39 is 0 Å². The van der Waals surface area contributed by atoms with Gasteiger partial charge in [-0.15, -0.1) is 0 Å². The molecule has 0 bridgehead atoms. The number of amides is 1. The van der Waals surface area contributed by atoms with Gasteiger partial charge in [-0.3, -0.25) is 4.79 Å². The standard InChI is InChI=1S/C20H21NO3/c1-12-3-5-15(9-13(12)2)21-20(22)17-11-16(17)14-4-6-18-19(10-14)24-8-7-23-18/h3-6,9-10,16-17H,7-8,11H2,1-2H3,(H,21,22)/t16-,17-/m0/s1. The summed E-state index contributed by atoms with van der Waals surface area (Å²) >= 11 is 0. The lowest BCUT2D eigenvalue weighted by molar-refractivity contribution is -0.117. The Kier molecular flexibility index (Phi) is 3.68. The highest BCUT2D eigenvalue weighted by Crippen LogP contribution is 2.49. The molecule has 1 fully saturated rings. The number of carbonyl (C=O) groups is 1. The van der Waals surface area contributed by atoms with Gasteiger partial charge in [0.15, 0.2) is 11.5 Å². The van der Waals surface area contributed by atoms with Crippen LogP contribution in [0.2, 0.25) is 0 Å². The van der Waals surface area contributed by atoms with Crippen LogP contribution in [0.1, 0.15) is 29.0 Å². The smallest absolute Gasteiger partial charge is 0.228 e. The molecule has 1 saturated carbocycles. The maximum atomic E-state index is 12.5. The van der Waals surface area contributed by atoms with Crippen LogP contribution in [0.5, 0.6) is 11.5 Å². The molecule has 1 amide bonds. The minimum atomic E-state index is 0.0363. The Morgan fingerprint density at radius 1 is 1.00 bits per heavy atom. The van der Waals surface area contributed by atoms with Gasteiger partial charge < -0.3 is 14.8 Å². The number of benzene rings is 2. The molecule has 124 valence electrons. The van der Waals surface area contributed by atoms with Crippen LogP contribution >= 0.6 is 0 Å². The van der Waals surface area contributed by atoms with Crippen LogP contribution in [0.4, 0.5) is 5.69 Å². The fourth-order valence-corrected chi connectivity index (χ4v) is 3.20. The first-order valence-electron chi connectivity index (χ1n) is 8.39. The van der Waals surface area contributed by atoms with Gasteiger partial charge in [-0.1, -0.05) is 12.1 Å². The highest BCUT2D eigenvalue weighted by molar-refractivity contribution is 5.95. The van der Waals surface area contributed by atoms with Crippen molar-refractivity contribution in [1.82, 2.24) is 0 Å². The summed E-state index contributed by atoms with van der Waals surface area (Å²) < 4.78 is 11.2. The van der Waals surface area contributed by atoms with Crippen LogP contribution in [-0.4, -0.2) is 19.1 Å². The maximum absolute atomic E-state index is 12.5. The topological polar surface area (TPSA) is 47.6 Å². The van der Waals surface area contributed by atoms with E-state index in [4.69, 9.17) is 9.47 Å². The van der Waals surface area contributed by atoms with E-state index in [0.717, 1.165) is 29.2 Å². The molecule has 4 heteroatoms. The van der Waals surface area contributed by atoms with Gasteiger partial charge in [0.25, 0.3) is 0 Å². The Morgan fingerprint density at radius 2 is 1.79 bits per heavy atom.